The molecule has 1 aliphatic rings. The molecule has 0 N–H and O–H groups in total. The Balaban J connectivity index is 1.33. The van der Waals surface area contributed by atoms with Crippen molar-refractivity contribution < 1.29 is 0 Å². The molecular formula is C46H39N3. The number of hydrogen-bond donors (Lipinski definition) is 0. The van der Waals surface area contributed by atoms with Gasteiger partial charge in [-0.2, -0.15) is 0 Å². The van der Waals surface area contributed by atoms with E-state index in [2.05, 4.69) is 188 Å². The Morgan fingerprint density at radius 3 is 1.67 bits per heavy atom. The van der Waals surface area contributed by atoms with Gasteiger partial charge in [0.2, 0.25) is 0 Å². The molecule has 0 spiro atoms. The molecule has 6 aromatic carbocycles. The number of rotatable bonds is 6. The van der Waals surface area contributed by atoms with Gasteiger partial charge in [-0.25, -0.2) is 4.99 Å². The van der Waals surface area contributed by atoms with Crippen molar-refractivity contribution in [3.05, 3.63) is 175 Å². The van der Waals surface area contributed by atoms with Crippen LogP contribution in [0.4, 0.5) is 11.4 Å². The number of aryl methyl sites for hydroxylation is 1. The van der Waals surface area contributed by atoms with E-state index in [0.29, 0.717) is 0 Å². The lowest BCUT2D eigenvalue weighted by atomic mass is 9.95. The summed E-state index contributed by atoms with van der Waals surface area (Å²) in [5.41, 5.74) is 14.3. The summed E-state index contributed by atoms with van der Waals surface area (Å²) in [5.74, 6) is 0.946. The van der Waals surface area contributed by atoms with Crippen LogP contribution in [0.5, 0.6) is 0 Å². The van der Waals surface area contributed by atoms with Crippen molar-refractivity contribution in [1.82, 2.24) is 4.57 Å². The molecule has 0 atom stereocenters. The van der Waals surface area contributed by atoms with E-state index < -0.39 is 0 Å². The summed E-state index contributed by atoms with van der Waals surface area (Å²) in [6, 6.07) is 54.3. The summed E-state index contributed by atoms with van der Waals surface area (Å²) < 4.78 is 2.47. The van der Waals surface area contributed by atoms with Crippen molar-refractivity contribution in [2.24, 2.45) is 4.99 Å². The number of aliphatic imine (C=N–C) groups is 1. The van der Waals surface area contributed by atoms with Crippen molar-refractivity contribution in [1.29, 1.82) is 0 Å². The van der Waals surface area contributed by atoms with Gasteiger partial charge in [0.25, 0.3) is 0 Å². The summed E-state index contributed by atoms with van der Waals surface area (Å²) in [7, 11) is 0. The fraction of sp³-hybridized carbons (Fsp3) is 0.109. The molecule has 1 heterocycles. The number of hydrogen-bond acceptors (Lipinski definition) is 1. The van der Waals surface area contributed by atoms with Crippen molar-refractivity contribution >= 4 is 44.7 Å². The maximum Gasteiger partial charge on any atom is 0.110 e. The number of anilines is 1. The van der Waals surface area contributed by atoms with Crippen LogP contribution in [0.2, 0.25) is 0 Å². The third-order valence-corrected chi connectivity index (χ3v) is 9.70. The lowest BCUT2D eigenvalue weighted by Crippen LogP contribution is -2.30. The molecule has 0 fully saturated rings. The van der Waals surface area contributed by atoms with Crippen molar-refractivity contribution in [3.8, 4) is 22.3 Å². The van der Waals surface area contributed by atoms with Crippen LogP contribution in [-0.2, 0) is 0 Å². The van der Waals surface area contributed by atoms with Gasteiger partial charge < -0.3 is 9.47 Å². The van der Waals surface area contributed by atoms with Gasteiger partial charge in [-0.15, -0.1) is 0 Å². The molecule has 1 aromatic heterocycles. The zero-order valence-corrected chi connectivity index (χ0v) is 28.3. The van der Waals surface area contributed by atoms with Crippen LogP contribution >= 0.6 is 0 Å². The van der Waals surface area contributed by atoms with Crippen LogP contribution in [0, 0.1) is 6.92 Å². The molecule has 3 nitrogen and oxygen atoms in total. The normalized spacial score (nSPS) is 13.6. The van der Waals surface area contributed by atoms with Crippen molar-refractivity contribution in [3.63, 3.8) is 0 Å². The van der Waals surface area contributed by atoms with Gasteiger partial charge in [0.05, 0.1) is 16.7 Å². The Hall–Kier alpha value is -5.93. The predicted octanol–water partition coefficient (Wildman–Crippen LogP) is 12.6. The lowest BCUT2D eigenvalue weighted by molar-refractivity contribution is 0.883. The first-order valence-corrected chi connectivity index (χ1v) is 17.1. The average Bonchev–Trinajstić information content (AvgIpc) is 3.48. The SMILES string of the molecule is CC1=C(N(/C(C)=N/c2ccccc2C)c2cc(-c3ccccc3)cc(-c3ccccc3)c2)CCC(n2c3ccccc3c3ccccc32)=C1. The van der Waals surface area contributed by atoms with E-state index in [1.54, 1.807) is 0 Å². The van der Waals surface area contributed by atoms with Crippen LogP contribution in [0.25, 0.3) is 49.8 Å². The zero-order chi connectivity index (χ0) is 33.3. The molecule has 3 heteroatoms. The van der Waals surface area contributed by atoms with Gasteiger partial charge in [-0.1, -0.05) is 115 Å². The zero-order valence-electron chi connectivity index (χ0n) is 28.3. The summed E-state index contributed by atoms with van der Waals surface area (Å²) in [4.78, 5) is 7.69. The summed E-state index contributed by atoms with van der Waals surface area (Å²) in [6.07, 6.45) is 4.19. The van der Waals surface area contributed by atoms with Crippen LogP contribution in [-0.4, -0.2) is 10.4 Å². The first kappa shape index (κ1) is 30.4. The third-order valence-electron chi connectivity index (χ3n) is 9.70. The minimum atomic E-state index is 0.884. The van der Waals surface area contributed by atoms with Crippen LogP contribution in [0.3, 0.4) is 0 Å². The van der Waals surface area contributed by atoms with Gasteiger partial charge in [0.15, 0.2) is 0 Å². The predicted molar refractivity (Wildman–Crippen MR) is 209 cm³/mol. The molecule has 0 aliphatic heterocycles. The van der Waals surface area contributed by atoms with Crippen LogP contribution in [0.1, 0.15) is 32.3 Å². The summed E-state index contributed by atoms with van der Waals surface area (Å²) in [5, 5.41) is 2.58. The lowest BCUT2D eigenvalue weighted by Gasteiger charge is -2.32. The molecule has 0 amide bonds. The second-order valence-corrected chi connectivity index (χ2v) is 12.9. The fourth-order valence-electron chi connectivity index (χ4n) is 7.33. The Morgan fingerprint density at radius 2 is 1.10 bits per heavy atom. The molecule has 238 valence electrons. The minimum Gasteiger partial charge on any atom is -0.313 e. The van der Waals surface area contributed by atoms with Gasteiger partial charge in [0.1, 0.15) is 5.84 Å². The molecule has 0 unspecified atom stereocenters. The highest BCUT2D eigenvalue weighted by Crippen LogP contribution is 2.40. The molecular weight excluding hydrogens is 595 g/mol. The minimum absolute atomic E-state index is 0.884. The highest BCUT2D eigenvalue weighted by molar-refractivity contribution is 6.10. The molecule has 0 saturated heterocycles. The molecule has 1 aliphatic carbocycles. The van der Waals surface area contributed by atoms with E-state index in [1.807, 2.05) is 0 Å². The van der Waals surface area contributed by atoms with E-state index in [1.165, 1.54) is 61.0 Å². The van der Waals surface area contributed by atoms with Gasteiger partial charge >= 0.3 is 0 Å². The number of aromatic nitrogens is 1. The number of nitrogens with zero attached hydrogens (tertiary/aromatic N) is 3. The van der Waals surface area contributed by atoms with Crippen LogP contribution in [0.15, 0.2) is 174 Å². The molecule has 0 bridgehead atoms. The van der Waals surface area contributed by atoms with Gasteiger partial charge in [-0.05, 0) is 109 Å². The Bertz CT molecular complexity index is 2300. The Labute approximate surface area is 288 Å². The van der Waals surface area contributed by atoms with E-state index in [0.717, 1.165) is 35.6 Å². The number of allylic oxidation sites excluding steroid dienone is 4. The highest BCUT2D eigenvalue weighted by atomic mass is 15.2. The summed E-state index contributed by atoms with van der Waals surface area (Å²) in [6.45, 7) is 6.54. The maximum atomic E-state index is 5.28. The first-order valence-electron chi connectivity index (χ1n) is 17.1. The standard InChI is InChI=1S/C46H39N3/c1-32-16-10-13-23-43(32)47-34(3)48(40-30-37(35-17-6-4-7-18-35)29-38(31-40)36-19-8-5-9-20-36)44-27-26-39(28-33(44)2)49-45-24-14-11-21-41(45)42-22-12-15-25-46(42)49/h4-25,28-31H,26-27H2,1-3H3/b47-34+. The smallest absolute Gasteiger partial charge is 0.110 e. The van der Waals surface area contributed by atoms with Crippen LogP contribution < -0.4 is 4.90 Å². The largest absolute Gasteiger partial charge is 0.313 e. The first-order chi connectivity index (χ1) is 24.0. The van der Waals surface area contributed by atoms with E-state index >= 15 is 0 Å². The molecule has 49 heavy (non-hydrogen) atoms. The molecule has 0 saturated carbocycles. The van der Waals surface area contributed by atoms with E-state index in [4.69, 9.17) is 4.99 Å². The molecule has 0 radical (unpaired) electrons. The average molecular weight is 634 g/mol. The Kier molecular flexibility index (Phi) is 8.03. The number of fused-ring (bicyclic) bond motifs is 3. The fourth-order valence-corrected chi connectivity index (χ4v) is 7.33. The second-order valence-electron chi connectivity index (χ2n) is 12.9. The maximum absolute atomic E-state index is 5.28. The van der Waals surface area contributed by atoms with Gasteiger partial charge in [0, 0.05) is 27.9 Å². The number of benzene rings is 6. The highest BCUT2D eigenvalue weighted by Gasteiger charge is 2.24. The molecule has 7 aromatic rings. The topological polar surface area (TPSA) is 20.5 Å². The number of para-hydroxylation sites is 3. The van der Waals surface area contributed by atoms with Crippen molar-refractivity contribution in [2.45, 2.75) is 33.6 Å². The molecule has 8 rings (SSSR count). The second kappa shape index (κ2) is 12.9. The Morgan fingerprint density at radius 1 is 0.571 bits per heavy atom. The van der Waals surface area contributed by atoms with E-state index in [9.17, 15) is 0 Å². The van der Waals surface area contributed by atoms with Crippen molar-refractivity contribution in [2.75, 3.05) is 4.90 Å². The quantitative estimate of drug-likeness (QED) is 0.132. The van der Waals surface area contributed by atoms with Gasteiger partial charge in [-0.3, -0.25) is 0 Å². The third kappa shape index (κ3) is 5.78. The summed E-state index contributed by atoms with van der Waals surface area (Å²) >= 11 is 0. The van der Waals surface area contributed by atoms with E-state index in [-0.39, 0.29) is 0 Å². The monoisotopic (exact) mass is 633 g/mol. The number of amidine groups is 1.